The summed E-state index contributed by atoms with van der Waals surface area (Å²) >= 11 is 3.55. The summed E-state index contributed by atoms with van der Waals surface area (Å²) < 4.78 is 6.26. The molecule has 1 atom stereocenters. The molecule has 0 N–H and O–H groups in total. The predicted molar refractivity (Wildman–Crippen MR) is 134 cm³/mol. The van der Waals surface area contributed by atoms with E-state index in [0.717, 1.165) is 48.9 Å². The van der Waals surface area contributed by atoms with Gasteiger partial charge in [-0.15, -0.1) is 0 Å². The van der Waals surface area contributed by atoms with Gasteiger partial charge in [-0.2, -0.15) is 0 Å². The molecule has 0 saturated carbocycles. The molecule has 1 heterocycles. The molecule has 2 aromatic carbocycles. The Balaban J connectivity index is 2.12. The number of rotatable bonds is 7. The highest BCUT2D eigenvalue weighted by molar-refractivity contribution is 9.10. The highest BCUT2D eigenvalue weighted by atomic mass is 79.9. The summed E-state index contributed by atoms with van der Waals surface area (Å²) in [6.07, 6.45) is 7.94. The van der Waals surface area contributed by atoms with Crippen molar-refractivity contribution in [2.24, 2.45) is 0 Å². The Morgan fingerprint density at radius 1 is 1.13 bits per heavy atom. The highest BCUT2D eigenvalue weighted by Crippen LogP contribution is 2.38. The van der Waals surface area contributed by atoms with Crippen LogP contribution in [0.1, 0.15) is 74.7 Å². The van der Waals surface area contributed by atoms with Gasteiger partial charge in [-0.3, -0.25) is 0 Å². The number of methoxy groups -OCH3 is 1. The topological polar surface area (TPSA) is 29.5 Å². The van der Waals surface area contributed by atoms with Crippen molar-refractivity contribution in [2.75, 3.05) is 25.1 Å². The number of carbonyl (C=O) groups is 1. The van der Waals surface area contributed by atoms with E-state index in [4.69, 9.17) is 4.74 Å². The Hall–Kier alpha value is -2.07. The van der Waals surface area contributed by atoms with Crippen LogP contribution in [0.3, 0.4) is 0 Å². The smallest absolute Gasteiger partial charge is 0.339 e. The zero-order valence-electron chi connectivity index (χ0n) is 19.2. The normalized spacial score (nSPS) is 14.8. The van der Waals surface area contributed by atoms with Crippen molar-refractivity contribution in [3.8, 4) is 11.1 Å². The first kappa shape index (κ1) is 23.6. The molecule has 1 aliphatic rings. The van der Waals surface area contributed by atoms with Crippen molar-refractivity contribution >= 4 is 27.6 Å². The maximum atomic E-state index is 12.8. The van der Waals surface area contributed by atoms with Crippen molar-refractivity contribution in [3.05, 3.63) is 63.6 Å². The maximum absolute atomic E-state index is 12.8. The zero-order valence-corrected chi connectivity index (χ0v) is 20.8. The van der Waals surface area contributed by atoms with Crippen molar-refractivity contribution in [3.63, 3.8) is 0 Å². The van der Waals surface area contributed by atoms with Crippen LogP contribution < -0.4 is 4.90 Å². The largest absolute Gasteiger partial charge is 0.465 e. The molecule has 3 rings (SSSR count). The first-order valence-electron chi connectivity index (χ1n) is 11.3. The van der Waals surface area contributed by atoms with E-state index in [2.05, 4.69) is 84.1 Å². The molecule has 0 bridgehead atoms. The van der Waals surface area contributed by atoms with E-state index in [1.807, 2.05) is 0 Å². The van der Waals surface area contributed by atoms with Gasteiger partial charge in [-0.25, -0.2) is 4.79 Å². The number of esters is 1. The highest BCUT2D eigenvalue weighted by Gasteiger charge is 2.24. The van der Waals surface area contributed by atoms with Crippen molar-refractivity contribution in [1.82, 2.24) is 0 Å². The number of benzene rings is 2. The lowest BCUT2D eigenvalue weighted by atomic mass is 9.86. The Bertz CT molecular complexity index is 923. The van der Waals surface area contributed by atoms with Gasteiger partial charge in [0, 0.05) is 17.6 Å². The molecule has 0 unspecified atom stereocenters. The molecule has 0 amide bonds. The second-order valence-corrected chi connectivity index (χ2v) is 9.68. The molecule has 4 heteroatoms. The molecular formula is C27H34BrNO2. The molecule has 0 radical (unpaired) electrons. The molecule has 31 heavy (non-hydrogen) atoms. The first-order chi connectivity index (χ1) is 14.9. The summed E-state index contributed by atoms with van der Waals surface area (Å²) in [5.74, 6) is 0.0775. The Morgan fingerprint density at radius 2 is 1.81 bits per heavy atom. The number of allylic oxidation sites excluding steroid dienone is 2. The predicted octanol–water partition coefficient (Wildman–Crippen LogP) is 7.74. The fraction of sp³-hybridized carbons (Fsp3) is 0.444. The van der Waals surface area contributed by atoms with Crippen LogP contribution in [-0.2, 0) is 4.74 Å². The van der Waals surface area contributed by atoms with Crippen LogP contribution in [0.25, 0.3) is 11.1 Å². The van der Waals surface area contributed by atoms with Crippen LogP contribution in [0, 0.1) is 0 Å². The molecule has 3 nitrogen and oxygen atoms in total. The fourth-order valence-corrected chi connectivity index (χ4v) is 4.60. The number of halogens is 1. The second kappa shape index (κ2) is 11.0. The second-order valence-electron chi connectivity index (χ2n) is 8.76. The maximum Gasteiger partial charge on any atom is 0.339 e. The third-order valence-corrected chi connectivity index (χ3v) is 6.64. The van der Waals surface area contributed by atoms with Crippen LogP contribution in [0.2, 0.25) is 0 Å². The van der Waals surface area contributed by atoms with Gasteiger partial charge in [0.1, 0.15) is 0 Å². The van der Waals surface area contributed by atoms with Gasteiger partial charge in [-0.05, 0) is 92.8 Å². The average Bonchev–Trinajstić information content (AvgIpc) is 2.78. The van der Waals surface area contributed by atoms with Crippen LogP contribution in [0.4, 0.5) is 5.69 Å². The molecule has 1 aliphatic heterocycles. The molecule has 2 aromatic rings. The van der Waals surface area contributed by atoms with Gasteiger partial charge in [0.2, 0.25) is 0 Å². The number of anilines is 1. The van der Waals surface area contributed by atoms with E-state index < -0.39 is 0 Å². The molecule has 1 fully saturated rings. The number of piperidine rings is 1. The monoisotopic (exact) mass is 483 g/mol. The number of hydrogen-bond acceptors (Lipinski definition) is 3. The van der Waals surface area contributed by atoms with Gasteiger partial charge in [-0.1, -0.05) is 46.6 Å². The summed E-state index contributed by atoms with van der Waals surface area (Å²) in [7, 11) is 1.48. The molecule has 0 aromatic heterocycles. The number of carbonyl (C=O) groups excluding carboxylic acids is 1. The van der Waals surface area contributed by atoms with Crippen LogP contribution >= 0.6 is 15.9 Å². The summed E-state index contributed by atoms with van der Waals surface area (Å²) in [6.45, 7) is 8.51. The first-order valence-corrected chi connectivity index (χ1v) is 12.1. The van der Waals surface area contributed by atoms with E-state index in [9.17, 15) is 4.79 Å². The van der Waals surface area contributed by atoms with E-state index >= 15 is 0 Å². The summed E-state index contributed by atoms with van der Waals surface area (Å²) in [5.41, 5.74) is 6.65. The van der Waals surface area contributed by atoms with Crippen LogP contribution in [0.15, 0.2) is 52.5 Å². The lowest BCUT2D eigenvalue weighted by Gasteiger charge is -2.31. The zero-order chi connectivity index (χ0) is 22.4. The fourth-order valence-electron chi connectivity index (χ4n) is 4.34. The molecule has 1 saturated heterocycles. The minimum absolute atomic E-state index is 0.249. The minimum atomic E-state index is -0.249. The molecule has 0 spiro atoms. The quantitative estimate of drug-likeness (QED) is 0.297. The minimum Gasteiger partial charge on any atom is -0.465 e. The Labute approximate surface area is 195 Å². The molecule has 0 aliphatic carbocycles. The lowest BCUT2D eigenvalue weighted by molar-refractivity contribution is 0.0601. The number of ether oxygens (including phenoxy) is 1. The summed E-state index contributed by atoms with van der Waals surface area (Å²) in [4.78, 5) is 15.1. The number of hydrogen-bond donors (Lipinski definition) is 0. The molecule has 166 valence electrons. The number of nitrogens with zero attached hydrogens (tertiary/aromatic N) is 1. The van der Waals surface area contributed by atoms with Crippen molar-refractivity contribution in [1.29, 1.82) is 0 Å². The third kappa shape index (κ3) is 6.00. The average molecular weight is 484 g/mol. The van der Waals surface area contributed by atoms with Gasteiger partial charge in [0.25, 0.3) is 0 Å². The van der Waals surface area contributed by atoms with Gasteiger partial charge in [0.05, 0.1) is 18.4 Å². The van der Waals surface area contributed by atoms with Gasteiger partial charge >= 0.3 is 5.97 Å². The van der Waals surface area contributed by atoms with Crippen molar-refractivity contribution in [2.45, 2.75) is 58.8 Å². The van der Waals surface area contributed by atoms with Crippen LogP contribution in [-0.4, -0.2) is 26.2 Å². The standard InChI is InChI=1S/C27H34BrNO2/c1-19(2)9-8-10-20(3)23-17-25(27(30)31-4)26(29-15-6-5-7-16-29)18-24(23)21-11-13-22(28)14-12-21/h9,11-14,17-18,20H,5-8,10,15-16H2,1-4H3/t20-/m0/s1. The van der Waals surface area contributed by atoms with Crippen molar-refractivity contribution < 1.29 is 9.53 Å². The summed E-state index contributed by atoms with van der Waals surface area (Å²) in [6, 6.07) is 12.8. The van der Waals surface area contributed by atoms with E-state index in [0.29, 0.717) is 11.5 Å². The Kier molecular flexibility index (Phi) is 8.36. The Morgan fingerprint density at radius 3 is 2.42 bits per heavy atom. The third-order valence-electron chi connectivity index (χ3n) is 6.11. The van der Waals surface area contributed by atoms with Gasteiger partial charge < -0.3 is 9.64 Å². The van der Waals surface area contributed by atoms with E-state index in [-0.39, 0.29) is 5.97 Å². The SMILES string of the molecule is COC(=O)c1cc([C@@H](C)CCC=C(C)C)c(-c2ccc(Br)cc2)cc1N1CCCCC1. The van der Waals surface area contributed by atoms with Crippen LogP contribution in [0.5, 0.6) is 0 Å². The molecular weight excluding hydrogens is 450 g/mol. The van der Waals surface area contributed by atoms with Gasteiger partial charge in [0.15, 0.2) is 0 Å². The summed E-state index contributed by atoms with van der Waals surface area (Å²) in [5, 5.41) is 0. The lowest BCUT2D eigenvalue weighted by Crippen LogP contribution is -2.31. The van der Waals surface area contributed by atoms with E-state index in [1.165, 1.54) is 35.8 Å². The van der Waals surface area contributed by atoms with E-state index in [1.54, 1.807) is 0 Å².